The maximum absolute atomic E-state index is 13.0. The Kier molecular flexibility index (Phi) is 3.16. The molecule has 0 fully saturated rings. The van der Waals surface area contributed by atoms with Crippen molar-refractivity contribution in [1.82, 2.24) is 9.78 Å². The Balaban J connectivity index is 3.25. The van der Waals surface area contributed by atoms with Crippen molar-refractivity contribution >= 4 is 12.0 Å². The van der Waals surface area contributed by atoms with Crippen molar-refractivity contribution < 1.29 is 14.3 Å². The number of halogens is 1. The first-order valence-corrected chi connectivity index (χ1v) is 4.86. The highest BCUT2D eigenvalue weighted by atomic mass is 19.1. The minimum Gasteiger partial charge on any atom is -0.476 e. The third-order valence-electron chi connectivity index (χ3n) is 2.05. The number of aliphatic carboxylic acids is 1. The number of hydrogen-bond donors (Lipinski definition) is 1. The van der Waals surface area contributed by atoms with Crippen LogP contribution in [-0.2, 0) is 17.3 Å². The molecule has 0 spiro atoms. The van der Waals surface area contributed by atoms with Crippen molar-refractivity contribution in [2.24, 2.45) is 7.05 Å². The summed E-state index contributed by atoms with van der Waals surface area (Å²) in [5, 5.41) is 12.7. The van der Waals surface area contributed by atoms with Crippen molar-refractivity contribution in [3.8, 4) is 0 Å². The number of hydrogen-bond acceptors (Lipinski definition) is 2. The number of nitrogens with zero attached hydrogens (tertiary/aromatic N) is 2. The molecule has 0 radical (unpaired) electrons. The highest BCUT2D eigenvalue weighted by molar-refractivity contribution is 5.89. The van der Waals surface area contributed by atoms with Crippen LogP contribution >= 0.6 is 0 Å². The van der Waals surface area contributed by atoms with Gasteiger partial charge in [-0.15, -0.1) is 0 Å². The third kappa shape index (κ3) is 2.68. The van der Waals surface area contributed by atoms with E-state index in [0.717, 1.165) is 6.08 Å². The van der Waals surface area contributed by atoms with Crippen LogP contribution < -0.4 is 0 Å². The first-order valence-electron chi connectivity index (χ1n) is 4.86. The van der Waals surface area contributed by atoms with Gasteiger partial charge in [0, 0.05) is 24.2 Å². The van der Waals surface area contributed by atoms with E-state index in [0.29, 0.717) is 11.3 Å². The van der Waals surface area contributed by atoms with E-state index in [1.54, 1.807) is 17.9 Å². The number of aryl methyl sites for hydroxylation is 1. The maximum atomic E-state index is 13.0. The second-order valence-corrected chi connectivity index (χ2v) is 4.65. The lowest BCUT2D eigenvalue weighted by molar-refractivity contribution is -0.134. The molecule has 0 aliphatic rings. The minimum atomic E-state index is -1.57. The lowest BCUT2D eigenvalue weighted by atomic mass is 9.89. The molecule has 0 aliphatic carbocycles. The summed E-state index contributed by atoms with van der Waals surface area (Å²) in [4.78, 5) is 10.4. The van der Waals surface area contributed by atoms with Gasteiger partial charge in [0.25, 0.3) is 0 Å². The molecule has 0 aliphatic heterocycles. The summed E-state index contributed by atoms with van der Waals surface area (Å²) in [6.45, 7) is 5.81. The van der Waals surface area contributed by atoms with E-state index in [1.165, 1.54) is 0 Å². The van der Waals surface area contributed by atoms with Crippen LogP contribution in [0.4, 0.5) is 4.39 Å². The Hall–Kier alpha value is -1.65. The Morgan fingerprint density at radius 2 is 2.12 bits per heavy atom. The highest BCUT2D eigenvalue weighted by Crippen LogP contribution is 2.25. The van der Waals surface area contributed by atoms with Gasteiger partial charge >= 0.3 is 5.97 Å². The summed E-state index contributed by atoms with van der Waals surface area (Å²) >= 11 is 0. The zero-order valence-corrected chi connectivity index (χ0v) is 9.78. The van der Waals surface area contributed by atoms with Gasteiger partial charge in [-0.05, 0) is 6.08 Å². The van der Waals surface area contributed by atoms with Gasteiger partial charge in [0.05, 0.1) is 5.69 Å². The molecule has 0 atom stereocenters. The summed E-state index contributed by atoms with van der Waals surface area (Å²) in [5.41, 5.74) is 0.910. The van der Waals surface area contributed by atoms with E-state index in [1.807, 2.05) is 20.8 Å². The minimum absolute atomic E-state index is 0.258. The van der Waals surface area contributed by atoms with Crippen LogP contribution in [0.1, 0.15) is 32.0 Å². The maximum Gasteiger partial charge on any atom is 0.364 e. The summed E-state index contributed by atoms with van der Waals surface area (Å²) in [6.07, 6.45) is 2.60. The first kappa shape index (κ1) is 12.4. The number of carboxylic acids is 1. The molecule has 0 saturated heterocycles. The van der Waals surface area contributed by atoms with Gasteiger partial charge in [0.15, 0.2) is 0 Å². The summed E-state index contributed by atoms with van der Waals surface area (Å²) in [6, 6.07) is 0. The van der Waals surface area contributed by atoms with E-state index >= 15 is 0 Å². The SMILES string of the molecule is Cn1cc(/C=C(/F)C(=O)O)c(C(C)(C)C)n1. The van der Waals surface area contributed by atoms with Crippen molar-refractivity contribution in [3.63, 3.8) is 0 Å². The molecule has 5 heteroatoms. The molecule has 0 aromatic carbocycles. The number of rotatable bonds is 2. The van der Waals surface area contributed by atoms with Crippen LogP contribution in [0, 0.1) is 0 Å². The quantitative estimate of drug-likeness (QED) is 0.786. The van der Waals surface area contributed by atoms with E-state index in [2.05, 4.69) is 5.10 Å². The zero-order chi connectivity index (χ0) is 12.5. The topological polar surface area (TPSA) is 55.1 Å². The zero-order valence-electron chi connectivity index (χ0n) is 9.78. The van der Waals surface area contributed by atoms with Crippen LogP contribution in [0.5, 0.6) is 0 Å². The second-order valence-electron chi connectivity index (χ2n) is 4.65. The molecule has 88 valence electrons. The average Bonchev–Trinajstić information content (AvgIpc) is 2.45. The third-order valence-corrected chi connectivity index (χ3v) is 2.05. The van der Waals surface area contributed by atoms with Crippen molar-refractivity contribution in [2.75, 3.05) is 0 Å². The van der Waals surface area contributed by atoms with Gasteiger partial charge in [-0.3, -0.25) is 4.68 Å². The second kappa shape index (κ2) is 4.08. The fourth-order valence-corrected chi connectivity index (χ4v) is 1.39. The molecule has 1 aromatic heterocycles. The highest BCUT2D eigenvalue weighted by Gasteiger charge is 2.21. The molecule has 0 unspecified atom stereocenters. The Morgan fingerprint density at radius 1 is 1.56 bits per heavy atom. The van der Waals surface area contributed by atoms with Crippen LogP contribution in [0.2, 0.25) is 0 Å². The summed E-state index contributed by atoms with van der Waals surface area (Å²) in [5.74, 6) is -2.75. The molecular formula is C11H15FN2O2. The molecule has 0 amide bonds. The Morgan fingerprint density at radius 3 is 2.56 bits per heavy atom. The molecule has 0 bridgehead atoms. The summed E-state index contributed by atoms with van der Waals surface area (Å²) in [7, 11) is 1.71. The van der Waals surface area contributed by atoms with Gasteiger partial charge in [-0.1, -0.05) is 20.8 Å². The van der Waals surface area contributed by atoms with E-state index in [-0.39, 0.29) is 5.41 Å². The van der Waals surface area contributed by atoms with Crippen molar-refractivity contribution in [1.29, 1.82) is 0 Å². The van der Waals surface area contributed by atoms with Gasteiger partial charge < -0.3 is 5.11 Å². The first-order chi connectivity index (χ1) is 7.21. The average molecular weight is 226 g/mol. The van der Waals surface area contributed by atoms with Gasteiger partial charge in [0.2, 0.25) is 5.83 Å². The van der Waals surface area contributed by atoms with Crippen LogP contribution in [-0.4, -0.2) is 20.9 Å². The Bertz CT molecular complexity index is 441. The largest absolute Gasteiger partial charge is 0.476 e. The van der Waals surface area contributed by atoms with Crippen molar-refractivity contribution in [3.05, 3.63) is 23.3 Å². The predicted molar refractivity (Wildman–Crippen MR) is 58.6 cm³/mol. The molecule has 0 saturated carbocycles. The van der Waals surface area contributed by atoms with Crippen LogP contribution in [0.25, 0.3) is 6.08 Å². The number of carbonyl (C=O) groups is 1. The lowest BCUT2D eigenvalue weighted by Crippen LogP contribution is -2.14. The van der Waals surface area contributed by atoms with E-state index in [4.69, 9.17) is 5.11 Å². The molecule has 1 N–H and O–H groups in total. The standard InChI is InChI=1S/C11H15FN2O2/c1-11(2,3)9-7(6-14(4)13-9)5-8(12)10(15)16/h5-6H,1-4H3,(H,15,16)/b8-5+. The van der Waals surface area contributed by atoms with Crippen molar-refractivity contribution in [2.45, 2.75) is 26.2 Å². The smallest absolute Gasteiger partial charge is 0.364 e. The summed E-state index contributed by atoms with van der Waals surface area (Å²) < 4.78 is 14.6. The van der Waals surface area contributed by atoms with Crippen LogP contribution in [0.3, 0.4) is 0 Å². The predicted octanol–water partition coefficient (Wildman–Crippen LogP) is 2.11. The molecule has 1 heterocycles. The molecule has 1 rings (SSSR count). The molecule has 1 aromatic rings. The van der Waals surface area contributed by atoms with Gasteiger partial charge in [-0.2, -0.15) is 9.49 Å². The van der Waals surface area contributed by atoms with Gasteiger partial charge in [0.1, 0.15) is 0 Å². The molecular weight excluding hydrogens is 211 g/mol. The normalized spacial score (nSPS) is 12.9. The fraction of sp³-hybridized carbons (Fsp3) is 0.455. The van der Waals surface area contributed by atoms with Gasteiger partial charge in [-0.25, -0.2) is 4.79 Å². The molecule has 4 nitrogen and oxygen atoms in total. The monoisotopic (exact) mass is 226 g/mol. The molecule has 16 heavy (non-hydrogen) atoms. The lowest BCUT2D eigenvalue weighted by Gasteiger charge is -2.16. The number of carboxylic acid groups (broad SMARTS) is 1. The number of aromatic nitrogens is 2. The van der Waals surface area contributed by atoms with E-state index in [9.17, 15) is 9.18 Å². The Labute approximate surface area is 93.4 Å². The van der Waals surface area contributed by atoms with Crippen LogP contribution in [0.15, 0.2) is 12.0 Å². The fourth-order valence-electron chi connectivity index (χ4n) is 1.39. The van der Waals surface area contributed by atoms with E-state index < -0.39 is 11.8 Å².